The average Bonchev–Trinajstić information content (AvgIpc) is 2.25. The third kappa shape index (κ3) is 9.04. The van der Waals surface area contributed by atoms with Gasteiger partial charge in [-0.25, -0.2) is 0 Å². The zero-order valence-corrected chi connectivity index (χ0v) is 9.83. The van der Waals surface area contributed by atoms with Gasteiger partial charge in [-0.05, 0) is 25.3 Å². The highest BCUT2D eigenvalue weighted by Crippen LogP contribution is 2.04. The lowest BCUT2D eigenvalue weighted by Crippen LogP contribution is -2.05. The minimum Gasteiger partial charge on any atom is -0.481 e. The van der Waals surface area contributed by atoms with Crippen LogP contribution in [0.3, 0.4) is 0 Å². The Kier molecular flexibility index (Phi) is 8.28. The number of carboxylic acid groups (broad SMARTS) is 1. The van der Waals surface area contributed by atoms with Crippen molar-refractivity contribution in [2.24, 2.45) is 0 Å². The minimum absolute atomic E-state index is 0.272. The maximum atomic E-state index is 10.5. The van der Waals surface area contributed by atoms with Crippen molar-refractivity contribution < 1.29 is 14.8 Å². The standard InChI is InChI=1S/C12H17NO4/c1-2-3-4-5-6-7-8-9-11(13(16)17)10-12(14)15/h3-4,6-7,9H,2,5,8,10H2,1H3,(H,14,15). The van der Waals surface area contributed by atoms with Crippen molar-refractivity contribution in [3.63, 3.8) is 0 Å². The highest BCUT2D eigenvalue weighted by atomic mass is 16.6. The molecule has 0 radical (unpaired) electrons. The SMILES string of the molecule is CCC=CCC=CCC=C(CC(=O)O)[N+](=O)[O-]. The van der Waals surface area contributed by atoms with Crippen LogP contribution in [0.5, 0.6) is 0 Å². The van der Waals surface area contributed by atoms with Crippen molar-refractivity contribution >= 4 is 5.97 Å². The van der Waals surface area contributed by atoms with Gasteiger partial charge in [-0.1, -0.05) is 31.2 Å². The Morgan fingerprint density at radius 1 is 1.24 bits per heavy atom. The molecule has 0 amide bonds. The molecule has 5 nitrogen and oxygen atoms in total. The van der Waals surface area contributed by atoms with Gasteiger partial charge in [0, 0.05) is 0 Å². The van der Waals surface area contributed by atoms with E-state index in [0.29, 0.717) is 6.42 Å². The van der Waals surface area contributed by atoms with Gasteiger partial charge in [0.1, 0.15) is 6.42 Å². The molecule has 94 valence electrons. The molecule has 0 spiro atoms. The van der Waals surface area contributed by atoms with Crippen molar-refractivity contribution in [3.8, 4) is 0 Å². The molecule has 0 fully saturated rings. The number of nitro groups is 1. The zero-order chi connectivity index (χ0) is 13.1. The third-order valence-electron chi connectivity index (χ3n) is 1.90. The number of hydrogen-bond acceptors (Lipinski definition) is 3. The lowest BCUT2D eigenvalue weighted by atomic mass is 10.2. The highest BCUT2D eigenvalue weighted by Gasteiger charge is 2.13. The van der Waals surface area contributed by atoms with E-state index in [0.717, 1.165) is 12.8 Å². The van der Waals surface area contributed by atoms with Gasteiger partial charge in [-0.2, -0.15) is 0 Å². The first kappa shape index (κ1) is 15.1. The number of carbonyl (C=O) groups is 1. The van der Waals surface area contributed by atoms with Crippen molar-refractivity contribution in [2.75, 3.05) is 0 Å². The second-order valence-electron chi connectivity index (χ2n) is 3.35. The molecule has 5 heteroatoms. The number of rotatable bonds is 8. The quantitative estimate of drug-likeness (QED) is 0.401. The molecule has 0 heterocycles. The van der Waals surface area contributed by atoms with E-state index in [4.69, 9.17) is 5.11 Å². The first-order valence-corrected chi connectivity index (χ1v) is 5.43. The van der Waals surface area contributed by atoms with E-state index < -0.39 is 17.3 Å². The molecule has 0 aliphatic heterocycles. The lowest BCUT2D eigenvalue weighted by molar-refractivity contribution is -0.427. The van der Waals surface area contributed by atoms with E-state index in [1.165, 1.54) is 6.08 Å². The Labute approximate surface area is 100 Å². The fourth-order valence-corrected chi connectivity index (χ4v) is 1.10. The summed E-state index contributed by atoms with van der Waals surface area (Å²) < 4.78 is 0. The van der Waals surface area contributed by atoms with Gasteiger partial charge in [0.25, 0.3) is 5.70 Å². The van der Waals surface area contributed by atoms with Crippen LogP contribution >= 0.6 is 0 Å². The number of hydrogen-bond donors (Lipinski definition) is 1. The summed E-state index contributed by atoms with van der Waals surface area (Å²) in [6, 6.07) is 0. The second kappa shape index (κ2) is 9.33. The van der Waals surface area contributed by atoms with Gasteiger partial charge in [0.15, 0.2) is 0 Å². The van der Waals surface area contributed by atoms with E-state index >= 15 is 0 Å². The zero-order valence-electron chi connectivity index (χ0n) is 9.83. The summed E-state index contributed by atoms with van der Waals surface area (Å²) in [6.45, 7) is 2.04. The monoisotopic (exact) mass is 239 g/mol. The first-order chi connectivity index (χ1) is 8.07. The molecule has 0 saturated carbocycles. The maximum Gasteiger partial charge on any atom is 0.314 e. The van der Waals surface area contributed by atoms with Crippen molar-refractivity contribution in [2.45, 2.75) is 32.6 Å². The van der Waals surface area contributed by atoms with Crippen LogP contribution < -0.4 is 0 Å². The molecule has 0 bridgehead atoms. The predicted octanol–water partition coefficient (Wildman–Crippen LogP) is 2.92. The van der Waals surface area contributed by atoms with Gasteiger partial charge in [0.2, 0.25) is 0 Å². The summed E-state index contributed by atoms with van der Waals surface area (Å²) in [7, 11) is 0. The normalized spacial score (nSPS) is 12.4. The van der Waals surface area contributed by atoms with Crippen LogP contribution in [0, 0.1) is 10.1 Å². The molecule has 0 aliphatic rings. The van der Waals surface area contributed by atoms with Gasteiger partial charge >= 0.3 is 5.97 Å². The van der Waals surface area contributed by atoms with E-state index in [-0.39, 0.29) is 5.70 Å². The van der Waals surface area contributed by atoms with Crippen LogP contribution in [0.25, 0.3) is 0 Å². The minimum atomic E-state index is -1.19. The summed E-state index contributed by atoms with van der Waals surface area (Å²) in [6.07, 6.45) is 10.6. The fourth-order valence-electron chi connectivity index (χ4n) is 1.10. The molecule has 0 atom stereocenters. The molecule has 0 aromatic heterocycles. The highest BCUT2D eigenvalue weighted by molar-refractivity contribution is 5.69. The Morgan fingerprint density at radius 2 is 1.82 bits per heavy atom. The van der Waals surface area contributed by atoms with E-state index in [9.17, 15) is 14.9 Å². The van der Waals surface area contributed by atoms with E-state index in [1.807, 2.05) is 25.2 Å². The summed E-state index contributed by atoms with van der Waals surface area (Å²) >= 11 is 0. The van der Waals surface area contributed by atoms with Crippen molar-refractivity contribution in [1.29, 1.82) is 0 Å². The topological polar surface area (TPSA) is 80.4 Å². The predicted molar refractivity (Wildman–Crippen MR) is 65.1 cm³/mol. The number of carboxylic acids is 1. The van der Waals surface area contributed by atoms with Gasteiger partial charge in [-0.15, -0.1) is 0 Å². The number of nitrogens with zero attached hydrogens (tertiary/aromatic N) is 1. The second-order valence-corrected chi connectivity index (χ2v) is 3.35. The van der Waals surface area contributed by atoms with Crippen LogP contribution in [-0.4, -0.2) is 16.0 Å². The molecule has 0 aliphatic carbocycles. The third-order valence-corrected chi connectivity index (χ3v) is 1.90. The lowest BCUT2D eigenvalue weighted by Gasteiger charge is -1.93. The van der Waals surface area contributed by atoms with Crippen molar-refractivity contribution in [3.05, 3.63) is 46.2 Å². The van der Waals surface area contributed by atoms with Gasteiger partial charge < -0.3 is 5.11 Å². The summed E-state index contributed by atoms with van der Waals surface area (Å²) in [4.78, 5) is 20.2. The molecule has 0 rings (SSSR count). The van der Waals surface area contributed by atoms with E-state index in [2.05, 4.69) is 0 Å². The van der Waals surface area contributed by atoms with E-state index in [1.54, 1.807) is 6.08 Å². The fraction of sp³-hybridized carbons (Fsp3) is 0.417. The largest absolute Gasteiger partial charge is 0.481 e. The molecular weight excluding hydrogens is 222 g/mol. The van der Waals surface area contributed by atoms with Crippen LogP contribution in [0.15, 0.2) is 36.1 Å². The molecule has 17 heavy (non-hydrogen) atoms. The van der Waals surface area contributed by atoms with Crippen LogP contribution in [0.2, 0.25) is 0 Å². The first-order valence-electron chi connectivity index (χ1n) is 5.43. The van der Waals surface area contributed by atoms with Crippen molar-refractivity contribution in [1.82, 2.24) is 0 Å². The van der Waals surface area contributed by atoms with Gasteiger partial charge in [0.05, 0.1) is 4.92 Å². The summed E-state index contributed by atoms with van der Waals surface area (Å²) in [5.74, 6) is -1.19. The molecule has 0 aromatic rings. The Bertz CT molecular complexity index is 342. The summed E-state index contributed by atoms with van der Waals surface area (Å²) in [5, 5.41) is 18.9. The smallest absolute Gasteiger partial charge is 0.314 e. The molecule has 0 aromatic carbocycles. The van der Waals surface area contributed by atoms with Crippen LogP contribution in [-0.2, 0) is 4.79 Å². The maximum absolute atomic E-state index is 10.5. The molecule has 0 unspecified atom stereocenters. The number of allylic oxidation sites excluding steroid dienone is 5. The Morgan fingerprint density at radius 3 is 2.35 bits per heavy atom. The Balaban J connectivity index is 4.13. The average molecular weight is 239 g/mol. The molecule has 0 saturated heterocycles. The molecular formula is C12H17NO4. The van der Waals surface area contributed by atoms with Crippen LogP contribution in [0.1, 0.15) is 32.6 Å². The summed E-state index contributed by atoms with van der Waals surface area (Å²) in [5.41, 5.74) is -0.272. The Hall–Kier alpha value is -1.91. The molecule has 1 N–H and O–H groups in total. The van der Waals surface area contributed by atoms with Crippen LogP contribution in [0.4, 0.5) is 0 Å². The number of aliphatic carboxylic acids is 1. The van der Waals surface area contributed by atoms with Gasteiger partial charge in [-0.3, -0.25) is 14.9 Å².